The molecule has 1 aliphatic rings. The molecule has 0 aliphatic heterocycles. The number of ether oxygens (including phenoxy) is 1. The van der Waals surface area contributed by atoms with Crippen LogP contribution in [0.2, 0.25) is 0 Å². The average Bonchev–Trinajstić information content (AvgIpc) is 2.42. The number of nitrogens with zero attached hydrogens (tertiary/aromatic N) is 1. The Kier molecular flexibility index (Phi) is 4.96. The van der Waals surface area contributed by atoms with Crippen LogP contribution in [0.15, 0.2) is 12.1 Å². The van der Waals surface area contributed by atoms with Gasteiger partial charge in [0.1, 0.15) is 11.4 Å². The first-order chi connectivity index (χ1) is 9.87. The van der Waals surface area contributed by atoms with Gasteiger partial charge in [0.05, 0.1) is 5.69 Å². The van der Waals surface area contributed by atoms with Gasteiger partial charge in [-0.05, 0) is 64.5 Å². The average molecular weight is 291 g/mol. The molecule has 1 saturated carbocycles. The van der Waals surface area contributed by atoms with Crippen LogP contribution in [0.3, 0.4) is 0 Å². The fourth-order valence-electron chi connectivity index (χ4n) is 2.83. The topological polar surface area (TPSA) is 60.2 Å². The summed E-state index contributed by atoms with van der Waals surface area (Å²) in [4.78, 5) is 4.53. The molecule has 0 saturated heterocycles. The summed E-state index contributed by atoms with van der Waals surface area (Å²) in [6.45, 7) is 8.29. The third-order valence-electron chi connectivity index (χ3n) is 4.07. The van der Waals surface area contributed by atoms with Gasteiger partial charge in [-0.1, -0.05) is 13.3 Å². The Labute approximate surface area is 128 Å². The summed E-state index contributed by atoms with van der Waals surface area (Å²) >= 11 is 0. The van der Waals surface area contributed by atoms with Crippen LogP contribution in [0.1, 0.15) is 59.8 Å². The molecule has 1 aliphatic carbocycles. The van der Waals surface area contributed by atoms with Crippen molar-refractivity contribution in [2.45, 2.75) is 71.4 Å². The molecule has 1 heterocycles. The highest BCUT2D eigenvalue weighted by Crippen LogP contribution is 2.30. The molecule has 118 valence electrons. The number of rotatable bonds is 4. The molecule has 0 atom stereocenters. The van der Waals surface area contributed by atoms with E-state index in [0.29, 0.717) is 17.6 Å². The van der Waals surface area contributed by atoms with Crippen molar-refractivity contribution in [3.63, 3.8) is 0 Å². The zero-order valence-corrected chi connectivity index (χ0v) is 13.8. The standard InChI is InChI=1S/C17H29N3O/c1-5-12-6-8-13(9-7-12)19-15-11-10-14(18)16(20-15)21-17(2,3)4/h10-13H,5-9,18H2,1-4H3,(H,19,20). The van der Waals surface area contributed by atoms with Crippen LogP contribution >= 0.6 is 0 Å². The zero-order valence-electron chi connectivity index (χ0n) is 13.8. The molecule has 4 nitrogen and oxygen atoms in total. The Balaban J connectivity index is 1.99. The van der Waals surface area contributed by atoms with Crippen LogP contribution in [0, 0.1) is 5.92 Å². The predicted molar refractivity (Wildman–Crippen MR) is 88.7 cm³/mol. The highest BCUT2D eigenvalue weighted by Gasteiger charge is 2.21. The number of nitrogen functional groups attached to an aromatic ring is 1. The van der Waals surface area contributed by atoms with Crippen molar-refractivity contribution in [1.82, 2.24) is 4.98 Å². The van der Waals surface area contributed by atoms with Gasteiger partial charge in [0.2, 0.25) is 5.88 Å². The van der Waals surface area contributed by atoms with Crippen LogP contribution in [0.4, 0.5) is 11.5 Å². The van der Waals surface area contributed by atoms with Gasteiger partial charge in [-0.15, -0.1) is 0 Å². The summed E-state index contributed by atoms with van der Waals surface area (Å²) in [5, 5.41) is 3.53. The quantitative estimate of drug-likeness (QED) is 0.872. The highest BCUT2D eigenvalue weighted by molar-refractivity contribution is 5.54. The van der Waals surface area contributed by atoms with Gasteiger partial charge in [0.25, 0.3) is 0 Å². The molecule has 0 aromatic carbocycles. The molecule has 1 aromatic rings. The lowest BCUT2D eigenvalue weighted by Crippen LogP contribution is -2.27. The molecule has 0 amide bonds. The fourth-order valence-corrected chi connectivity index (χ4v) is 2.83. The highest BCUT2D eigenvalue weighted by atomic mass is 16.5. The maximum absolute atomic E-state index is 5.95. The van der Waals surface area contributed by atoms with Gasteiger partial charge in [-0.25, -0.2) is 0 Å². The maximum atomic E-state index is 5.95. The van der Waals surface area contributed by atoms with E-state index >= 15 is 0 Å². The number of hydrogen-bond donors (Lipinski definition) is 2. The predicted octanol–water partition coefficient (Wildman–Crippen LogP) is 4.22. The molecular weight excluding hydrogens is 262 g/mol. The SMILES string of the molecule is CCC1CCC(Nc2ccc(N)c(OC(C)(C)C)n2)CC1. The van der Waals surface area contributed by atoms with E-state index in [0.717, 1.165) is 11.7 Å². The van der Waals surface area contributed by atoms with E-state index in [1.807, 2.05) is 32.9 Å². The second kappa shape index (κ2) is 6.54. The smallest absolute Gasteiger partial charge is 0.239 e. The fraction of sp³-hybridized carbons (Fsp3) is 0.706. The van der Waals surface area contributed by atoms with Gasteiger partial charge < -0.3 is 15.8 Å². The van der Waals surface area contributed by atoms with Crippen molar-refractivity contribution in [3.8, 4) is 5.88 Å². The Morgan fingerprint density at radius 1 is 1.24 bits per heavy atom. The third-order valence-corrected chi connectivity index (χ3v) is 4.07. The molecule has 0 radical (unpaired) electrons. The van der Waals surface area contributed by atoms with Crippen LogP contribution in [-0.4, -0.2) is 16.6 Å². The van der Waals surface area contributed by atoms with Gasteiger partial charge in [0, 0.05) is 6.04 Å². The maximum Gasteiger partial charge on any atom is 0.239 e. The zero-order chi connectivity index (χ0) is 15.5. The van der Waals surface area contributed by atoms with Crippen LogP contribution in [0.25, 0.3) is 0 Å². The van der Waals surface area contributed by atoms with E-state index in [9.17, 15) is 0 Å². The molecule has 0 spiro atoms. The summed E-state index contributed by atoms with van der Waals surface area (Å²) in [6, 6.07) is 4.33. The molecular formula is C17H29N3O. The van der Waals surface area contributed by atoms with Crippen molar-refractivity contribution in [2.24, 2.45) is 5.92 Å². The molecule has 0 unspecified atom stereocenters. The molecule has 21 heavy (non-hydrogen) atoms. The van der Waals surface area contributed by atoms with E-state index in [1.165, 1.54) is 32.1 Å². The molecule has 2 rings (SSSR count). The van der Waals surface area contributed by atoms with Crippen molar-refractivity contribution in [3.05, 3.63) is 12.1 Å². The minimum absolute atomic E-state index is 0.293. The number of hydrogen-bond acceptors (Lipinski definition) is 4. The Hall–Kier alpha value is -1.45. The third kappa shape index (κ3) is 4.80. The monoisotopic (exact) mass is 291 g/mol. The molecule has 1 aromatic heterocycles. The minimum Gasteiger partial charge on any atom is -0.470 e. The van der Waals surface area contributed by atoms with Crippen molar-refractivity contribution < 1.29 is 4.74 Å². The van der Waals surface area contributed by atoms with E-state index in [-0.39, 0.29) is 5.60 Å². The first kappa shape index (κ1) is 15.9. The lowest BCUT2D eigenvalue weighted by atomic mass is 9.84. The summed E-state index contributed by atoms with van der Waals surface area (Å²) < 4.78 is 5.82. The van der Waals surface area contributed by atoms with Gasteiger partial charge in [-0.3, -0.25) is 0 Å². The Morgan fingerprint density at radius 3 is 2.48 bits per heavy atom. The van der Waals surface area contributed by atoms with Gasteiger partial charge in [0.15, 0.2) is 0 Å². The van der Waals surface area contributed by atoms with E-state index in [4.69, 9.17) is 10.5 Å². The number of nitrogens with two attached hydrogens (primary N) is 1. The summed E-state index contributed by atoms with van der Waals surface area (Å²) in [6.07, 6.45) is 6.37. The second-order valence-electron chi connectivity index (χ2n) is 7.08. The first-order valence-corrected chi connectivity index (χ1v) is 8.09. The van der Waals surface area contributed by atoms with Crippen LogP contribution in [0.5, 0.6) is 5.88 Å². The minimum atomic E-state index is -0.293. The van der Waals surface area contributed by atoms with Crippen molar-refractivity contribution in [1.29, 1.82) is 0 Å². The van der Waals surface area contributed by atoms with Gasteiger partial charge >= 0.3 is 0 Å². The molecule has 4 heteroatoms. The Morgan fingerprint density at radius 2 is 1.90 bits per heavy atom. The molecule has 3 N–H and O–H groups in total. The van der Waals surface area contributed by atoms with Crippen molar-refractivity contribution in [2.75, 3.05) is 11.1 Å². The summed E-state index contributed by atoms with van der Waals surface area (Å²) in [7, 11) is 0. The van der Waals surface area contributed by atoms with E-state index in [1.54, 1.807) is 0 Å². The summed E-state index contributed by atoms with van der Waals surface area (Å²) in [5.74, 6) is 2.29. The largest absolute Gasteiger partial charge is 0.470 e. The Bertz CT molecular complexity index is 460. The normalized spacial score (nSPS) is 22.9. The number of anilines is 2. The van der Waals surface area contributed by atoms with E-state index < -0.39 is 0 Å². The lowest BCUT2D eigenvalue weighted by Gasteiger charge is -2.29. The number of aromatic nitrogens is 1. The first-order valence-electron chi connectivity index (χ1n) is 8.09. The van der Waals surface area contributed by atoms with Crippen LogP contribution < -0.4 is 15.8 Å². The molecule has 0 bridgehead atoms. The number of nitrogens with one attached hydrogen (secondary N) is 1. The second-order valence-corrected chi connectivity index (χ2v) is 7.08. The van der Waals surface area contributed by atoms with Crippen LogP contribution in [-0.2, 0) is 0 Å². The lowest BCUT2D eigenvalue weighted by molar-refractivity contribution is 0.125. The summed E-state index contributed by atoms with van der Waals surface area (Å²) in [5.41, 5.74) is 6.25. The molecule has 1 fully saturated rings. The van der Waals surface area contributed by atoms with Gasteiger partial charge in [-0.2, -0.15) is 4.98 Å². The number of pyridine rings is 1. The van der Waals surface area contributed by atoms with Crippen molar-refractivity contribution >= 4 is 11.5 Å². The van der Waals surface area contributed by atoms with E-state index in [2.05, 4.69) is 17.2 Å².